The number of aromatic amines is 1. The van der Waals surface area contributed by atoms with Crippen molar-refractivity contribution in [1.82, 2.24) is 20.6 Å². The van der Waals surface area contributed by atoms with Crippen molar-refractivity contribution in [2.45, 2.75) is 64.4 Å². The predicted octanol–water partition coefficient (Wildman–Crippen LogP) is 6.31. The maximum Gasteiger partial charge on any atom is 0.150 e. The Hall–Kier alpha value is -3.17. The Kier molecular flexibility index (Phi) is 6.41. The van der Waals surface area contributed by atoms with E-state index in [4.69, 9.17) is 4.74 Å². The molecule has 4 aromatic rings. The third-order valence-electron chi connectivity index (χ3n) is 6.54. The molecule has 1 fully saturated rings. The first-order valence-corrected chi connectivity index (χ1v) is 12.5. The highest BCUT2D eigenvalue weighted by Gasteiger charge is 2.21. The van der Waals surface area contributed by atoms with E-state index >= 15 is 0 Å². The summed E-state index contributed by atoms with van der Waals surface area (Å²) in [5.74, 6) is 8.64. The number of aromatic nitrogens is 4. The minimum Gasteiger partial charge on any atom is -0.489 e. The number of rotatable bonds is 7. The molecule has 0 unspecified atom stereocenters. The van der Waals surface area contributed by atoms with Crippen molar-refractivity contribution >= 4 is 21.4 Å². The summed E-state index contributed by atoms with van der Waals surface area (Å²) in [6.45, 7) is 4.64. The summed E-state index contributed by atoms with van der Waals surface area (Å²) < 4.78 is 7.59. The summed E-state index contributed by atoms with van der Waals surface area (Å²) in [5, 5.41) is 17.9. The molecule has 2 aromatic carbocycles. The summed E-state index contributed by atoms with van der Waals surface area (Å²) >= 11 is 1.89. The molecule has 5 rings (SSSR count). The number of nitrogens with one attached hydrogen (secondary N) is 1. The summed E-state index contributed by atoms with van der Waals surface area (Å²) in [7, 11) is 0. The Morgan fingerprint density at radius 3 is 2.73 bits per heavy atom. The number of aryl methyl sites for hydroxylation is 1. The van der Waals surface area contributed by atoms with Gasteiger partial charge in [-0.25, -0.2) is 5.10 Å². The monoisotopic (exact) mass is 456 g/mol. The molecule has 0 saturated heterocycles. The minimum atomic E-state index is 0.0384. The van der Waals surface area contributed by atoms with Gasteiger partial charge in [-0.05, 0) is 94.3 Å². The molecule has 1 saturated carbocycles. The Bertz CT molecular complexity index is 1280. The van der Waals surface area contributed by atoms with Crippen molar-refractivity contribution in [3.05, 3.63) is 69.9 Å². The Morgan fingerprint density at radius 1 is 1.18 bits per heavy atom. The van der Waals surface area contributed by atoms with Gasteiger partial charge in [0.05, 0.1) is 5.92 Å². The van der Waals surface area contributed by atoms with Crippen LogP contribution in [0, 0.1) is 18.8 Å². The van der Waals surface area contributed by atoms with Gasteiger partial charge in [0, 0.05) is 11.1 Å². The maximum absolute atomic E-state index is 6.17. The van der Waals surface area contributed by atoms with E-state index in [0.29, 0.717) is 13.0 Å². The zero-order valence-corrected chi connectivity index (χ0v) is 19.9. The molecule has 33 heavy (non-hydrogen) atoms. The molecule has 0 radical (unpaired) electrons. The van der Waals surface area contributed by atoms with E-state index in [0.717, 1.165) is 23.1 Å². The van der Waals surface area contributed by atoms with Crippen molar-refractivity contribution in [2.24, 2.45) is 0 Å². The average molecular weight is 457 g/mol. The molecule has 0 amide bonds. The lowest BCUT2D eigenvalue weighted by atomic mass is 9.95. The Morgan fingerprint density at radius 2 is 2.00 bits per heavy atom. The Balaban J connectivity index is 1.30. The summed E-state index contributed by atoms with van der Waals surface area (Å²) in [6.07, 6.45) is 6.03. The number of tetrazole rings is 1. The van der Waals surface area contributed by atoms with Gasteiger partial charge < -0.3 is 4.74 Å². The van der Waals surface area contributed by atoms with Gasteiger partial charge in [0.2, 0.25) is 0 Å². The van der Waals surface area contributed by atoms with Crippen molar-refractivity contribution in [3.8, 4) is 17.6 Å². The largest absolute Gasteiger partial charge is 0.489 e. The lowest BCUT2D eigenvalue weighted by Gasteiger charge is -2.13. The number of nitrogens with zero attached hydrogens (tertiary/aromatic N) is 3. The molecule has 168 valence electrons. The maximum atomic E-state index is 6.17. The van der Waals surface area contributed by atoms with Crippen LogP contribution in [0.3, 0.4) is 0 Å². The second kappa shape index (κ2) is 9.76. The molecule has 2 heterocycles. The number of ether oxygens (including phenoxy) is 1. The van der Waals surface area contributed by atoms with Gasteiger partial charge in [0.15, 0.2) is 0 Å². The van der Waals surface area contributed by atoms with Crippen LogP contribution in [0.5, 0.6) is 5.75 Å². The second-order valence-electron chi connectivity index (χ2n) is 8.82. The smallest absolute Gasteiger partial charge is 0.150 e. The predicted molar refractivity (Wildman–Crippen MR) is 133 cm³/mol. The van der Waals surface area contributed by atoms with E-state index in [9.17, 15) is 0 Å². The van der Waals surface area contributed by atoms with Crippen molar-refractivity contribution in [3.63, 3.8) is 0 Å². The summed E-state index contributed by atoms with van der Waals surface area (Å²) in [6, 6.07) is 12.8. The third kappa shape index (κ3) is 4.79. The molecule has 5 nitrogen and oxygen atoms in total. The van der Waals surface area contributed by atoms with E-state index in [2.05, 4.69) is 69.0 Å². The summed E-state index contributed by atoms with van der Waals surface area (Å²) in [5.41, 5.74) is 5.25. The van der Waals surface area contributed by atoms with Crippen LogP contribution in [0.4, 0.5) is 0 Å². The minimum absolute atomic E-state index is 0.0384. The van der Waals surface area contributed by atoms with Gasteiger partial charge >= 0.3 is 0 Å². The molecule has 1 atom stereocenters. The van der Waals surface area contributed by atoms with E-state index in [-0.39, 0.29) is 5.92 Å². The highest BCUT2D eigenvalue weighted by Crippen LogP contribution is 2.41. The van der Waals surface area contributed by atoms with E-state index in [1.807, 2.05) is 30.4 Å². The number of benzene rings is 2. The Labute approximate surface area is 198 Å². The van der Waals surface area contributed by atoms with E-state index in [1.54, 1.807) is 5.56 Å². The van der Waals surface area contributed by atoms with Crippen molar-refractivity contribution in [2.75, 3.05) is 0 Å². The number of H-pyrrole nitrogens is 1. The van der Waals surface area contributed by atoms with Crippen LogP contribution in [-0.4, -0.2) is 20.6 Å². The van der Waals surface area contributed by atoms with Crippen LogP contribution in [0.15, 0.2) is 41.8 Å². The molecule has 1 aliphatic rings. The number of fused-ring (bicyclic) bond motifs is 1. The van der Waals surface area contributed by atoms with Crippen LogP contribution < -0.4 is 4.74 Å². The van der Waals surface area contributed by atoms with E-state index in [1.165, 1.54) is 46.9 Å². The van der Waals surface area contributed by atoms with Crippen LogP contribution in [0.1, 0.15) is 72.5 Å². The lowest BCUT2D eigenvalue weighted by molar-refractivity contribution is 0.306. The van der Waals surface area contributed by atoms with Crippen LogP contribution in [-0.2, 0) is 13.0 Å². The first-order valence-electron chi connectivity index (χ1n) is 11.6. The van der Waals surface area contributed by atoms with Gasteiger partial charge in [-0.15, -0.1) is 22.4 Å². The fourth-order valence-corrected chi connectivity index (χ4v) is 6.00. The highest BCUT2D eigenvalue weighted by atomic mass is 32.1. The number of hydrogen-bond acceptors (Lipinski definition) is 5. The first kappa shape index (κ1) is 21.7. The fourth-order valence-electron chi connectivity index (χ4n) is 4.89. The molecule has 2 aromatic heterocycles. The summed E-state index contributed by atoms with van der Waals surface area (Å²) in [4.78, 5) is 0. The molecule has 1 aliphatic carbocycles. The van der Waals surface area contributed by atoms with Crippen LogP contribution in [0.25, 0.3) is 10.1 Å². The highest BCUT2D eigenvalue weighted by molar-refractivity contribution is 7.17. The van der Waals surface area contributed by atoms with Gasteiger partial charge in [0.25, 0.3) is 0 Å². The third-order valence-corrected chi connectivity index (χ3v) is 7.69. The molecule has 1 N–H and O–H groups in total. The van der Waals surface area contributed by atoms with Gasteiger partial charge in [-0.3, -0.25) is 0 Å². The standard InChI is InChI=1S/C27H28N4OS/c1-3-6-22(15-26-28-30-31-29-26)20-9-11-23(12-10-20)32-16-19-13-18(2)27-24(14-19)25(17-33-27)21-7-4-5-8-21/h9-14,17,21-22H,4-5,7-8,15-16H2,1-2H3,(H,28,29,30,31)/t22-/m0/s1. The topological polar surface area (TPSA) is 63.7 Å². The van der Waals surface area contributed by atoms with Crippen molar-refractivity contribution in [1.29, 1.82) is 0 Å². The van der Waals surface area contributed by atoms with Gasteiger partial charge in [-0.1, -0.05) is 37.0 Å². The fraction of sp³-hybridized carbons (Fsp3) is 0.370. The van der Waals surface area contributed by atoms with Gasteiger partial charge in [0.1, 0.15) is 18.2 Å². The van der Waals surface area contributed by atoms with Crippen LogP contribution in [0.2, 0.25) is 0 Å². The molecule has 0 spiro atoms. The molecular weight excluding hydrogens is 428 g/mol. The SMILES string of the molecule is CC#C[C@@H](Cc1nnn[nH]1)c1ccc(OCc2cc(C)c3scc(C4CCCC4)c3c2)cc1. The number of thiophene rings is 1. The van der Waals surface area contributed by atoms with Crippen LogP contribution >= 0.6 is 11.3 Å². The quantitative estimate of drug-likeness (QED) is 0.331. The lowest BCUT2D eigenvalue weighted by Crippen LogP contribution is -2.03. The molecule has 6 heteroatoms. The average Bonchev–Trinajstić information content (AvgIpc) is 3.59. The van der Waals surface area contributed by atoms with Crippen molar-refractivity contribution < 1.29 is 4.74 Å². The normalized spacial score (nSPS) is 14.8. The number of hydrogen-bond donors (Lipinski definition) is 1. The zero-order valence-electron chi connectivity index (χ0n) is 19.1. The molecular formula is C27H28N4OS. The molecule has 0 bridgehead atoms. The second-order valence-corrected chi connectivity index (χ2v) is 9.70. The zero-order chi connectivity index (χ0) is 22.6. The van der Waals surface area contributed by atoms with Gasteiger partial charge in [-0.2, -0.15) is 0 Å². The molecule has 0 aliphatic heterocycles. The first-order chi connectivity index (χ1) is 16.2. The van der Waals surface area contributed by atoms with E-state index < -0.39 is 0 Å².